The van der Waals surface area contributed by atoms with Crippen LogP contribution in [0.1, 0.15) is 11.1 Å². The maximum absolute atomic E-state index is 12.6. The van der Waals surface area contributed by atoms with Crippen LogP contribution in [-0.2, 0) is 6.61 Å². The van der Waals surface area contributed by atoms with Crippen molar-refractivity contribution in [3.05, 3.63) is 108 Å². The molecule has 0 aliphatic heterocycles. The van der Waals surface area contributed by atoms with E-state index in [0.29, 0.717) is 27.2 Å². The van der Waals surface area contributed by atoms with Gasteiger partial charge in [0.05, 0.1) is 27.2 Å². The predicted molar refractivity (Wildman–Crippen MR) is 124 cm³/mol. The summed E-state index contributed by atoms with van der Waals surface area (Å²) in [6, 6.07) is 17.1. The Morgan fingerprint density at radius 3 is 2.35 bits per heavy atom. The molecule has 0 amide bonds. The second-order valence-electron chi connectivity index (χ2n) is 6.53. The van der Waals surface area contributed by atoms with Gasteiger partial charge in [-0.3, -0.25) is 4.79 Å². The van der Waals surface area contributed by atoms with Gasteiger partial charge in [-0.1, -0.05) is 65.1 Å². The van der Waals surface area contributed by atoms with Crippen LogP contribution in [0.2, 0.25) is 15.1 Å². The monoisotopic (exact) mass is 473 g/mol. The highest BCUT2D eigenvalue weighted by atomic mass is 35.5. The van der Waals surface area contributed by atoms with Crippen molar-refractivity contribution in [2.24, 2.45) is 5.10 Å². The summed E-state index contributed by atoms with van der Waals surface area (Å²) in [6.45, 7) is 0.189. The van der Waals surface area contributed by atoms with Gasteiger partial charge in [0.2, 0.25) is 0 Å². The third-order valence-electron chi connectivity index (χ3n) is 4.46. The molecule has 9 heteroatoms. The van der Waals surface area contributed by atoms with Gasteiger partial charge in [-0.25, -0.2) is 4.79 Å². The summed E-state index contributed by atoms with van der Waals surface area (Å²) in [6.07, 6.45) is 1.32. The summed E-state index contributed by atoms with van der Waals surface area (Å²) in [4.78, 5) is 27.4. The van der Waals surface area contributed by atoms with Crippen molar-refractivity contribution in [1.29, 1.82) is 0 Å². The van der Waals surface area contributed by atoms with E-state index in [1.165, 1.54) is 6.21 Å². The maximum atomic E-state index is 12.6. The maximum Gasteiger partial charge on any atom is 0.349 e. The normalized spacial score (nSPS) is 11.3. The van der Waals surface area contributed by atoms with Crippen LogP contribution < -0.4 is 16.0 Å². The van der Waals surface area contributed by atoms with Gasteiger partial charge in [-0.05, 0) is 35.9 Å². The fourth-order valence-corrected chi connectivity index (χ4v) is 3.74. The third kappa shape index (κ3) is 4.51. The minimum atomic E-state index is -0.656. The number of fused-ring (bicyclic) bond motifs is 1. The molecule has 0 spiro atoms. The molecular formula is C22H14Cl3N3O3. The molecule has 1 N–H and O–H groups in total. The summed E-state index contributed by atoms with van der Waals surface area (Å²) in [5.74, 6) is 0.293. The van der Waals surface area contributed by atoms with Crippen LogP contribution in [0.15, 0.2) is 75.4 Å². The van der Waals surface area contributed by atoms with E-state index in [-0.39, 0.29) is 16.7 Å². The van der Waals surface area contributed by atoms with Crippen LogP contribution in [-0.4, -0.2) is 15.9 Å². The Kier molecular flexibility index (Phi) is 6.13. The van der Waals surface area contributed by atoms with Crippen LogP contribution in [0, 0.1) is 0 Å². The number of nitrogens with zero attached hydrogens (tertiary/aromatic N) is 2. The molecule has 4 aromatic rings. The Hall–Kier alpha value is -3.06. The molecule has 31 heavy (non-hydrogen) atoms. The van der Waals surface area contributed by atoms with Gasteiger partial charge in [0.1, 0.15) is 6.61 Å². The lowest BCUT2D eigenvalue weighted by Crippen LogP contribution is -2.32. The third-order valence-corrected chi connectivity index (χ3v) is 5.39. The number of para-hydroxylation sites is 1. The first kappa shape index (κ1) is 21.2. The van der Waals surface area contributed by atoms with Crippen LogP contribution in [0.25, 0.3) is 10.9 Å². The number of halogens is 3. The molecular weight excluding hydrogens is 461 g/mol. The largest absolute Gasteiger partial charge is 0.486 e. The van der Waals surface area contributed by atoms with Gasteiger partial charge in [0.15, 0.2) is 5.75 Å². The van der Waals surface area contributed by atoms with E-state index in [1.807, 2.05) is 18.2 Å². The summed E-state index contributed by atoms with van der Waals surface area (Å²) in [5.41, 5.74) is 0.524. The molecule has 0 saturated heterocycles. The van der Waals surface area contributed by atoms with Gasteiger partial charge in [-0.2, -0.15) is 5.10 Å². The van der Waals surface area contributed by atoms with E-state index in [1.54, 1.807) is 42.5 Å². The fourth-order valence-electron chi connectivity index (χ4n) is 2.94. The van der Waals surface area contributed by atoms with E-state index in [4.69, 9.17) is 39.5 Å². The average Bonchev–Trinajstić information content (AvgIpc) is 2.74. The van der Waals surface area contributed by atoms with Gasteiger partial charge in [0, 0.05) is 10.6 Å². The molecule has 0 bridgehead atoms. The summed E-state index contributed by atoms with van der Waals surface area (Å²) >= 11 is 18.8. The van der Waals surface area contributed by atoms with E-state index in [2.05, 4.69) is 10.1 Å². The highest BCUT2D eigenvalue weighted by molar-refractivity contribution is 6.37. The molecule has 3 aromatic carbocycles. The molecule has 1 heterocycles. The zero-order valence-corrected chi connectivity index (χ0v) is 18.1. The Morgan fingerprint density at radius 1 is 0.935 bits per heavy atom. The molecule has 4 rings (SSSR count). The molecule has 0 atom stereocenters. The zero-order valence-electron chi connectivity index (χ0n) is 15.8. The van der Waals surface area contributed by atoms with Crippen molar-refractivity contribution >= 4 is 51.9 Å². The first-order chi connectivity index (χ1) is 14.9. The lowest BCUT2D eigenvalue weighted by molar-refractivity contribution is 0.306. The van der Waals surface area contributed by atoms with Crippen molar-refractivity contribution in [2.45, 2.75) is 6.61 Å². The van der Waals surface area contributed by atoms with Gasteiger partial charge >= 0.3 is 5.69 Å². The van der Waals surface area contributed by atoms with E-state index in [9.17, 15) is 9.59 Å². The van der Waals surface area contributed by atoms with Gasteiger partial charge in [0.25, 0.3) is 5.56 Å². The molecule has 156 valence electrons. The Labute approximate surface area is 191 Å². The average molecular weight is 475 g/mol. The number of benzene rings is 3. The number of H-pyrrole nitrogens is 1. The molecule has 6 nitrogen and oxygen atoms in total. The smallest absolute Gasteiger partial charge is 0.349 e. The van der Waals surface area contributed by atoms with Crippen LogP contribution in [0.4, 0.5) is 0 Å². The standard InChI is InChI=1S/C22H14Cl3N3O3/c23-16-7-3-1-5-14(16)12-31-20-17(24)9-13(10-18(20)25)11-26-28-21(29)15-6-2-4-8-19(15)27-22(28)30/h1-11H,12H2,(H,27,30). The summed E-state index contributed by atoms with van der Waals surface area (Å²) in [7, 11) is 0. The number of aromatic amines is 1. The first-order valence-corrected chi connectivity index (χ1v) is 10.2. The predicted octanol–water partition coefficient (Wildman–Crippen LogP) is 5.11. The topological polar surface area (TPSA) is 76.5 Å². The fraction of sp³-hybridized carbons (Fsp3) is 0.0455. The highest BCUT2D eigenvalue weighted by Gasteiger charge is 2.11. The second-order valence-corrected chi connectivity index (χ2v) is 7.75. The molecule has 1 aromatic heterocycles. The van der Waals surface area contributed by atoms with Crippen molar-refractivity contribution in [1.82, 2.24) is 9.66 Å². The van der Waals surface area contributed by atoms with Crippen LogP contribution in [0.3, 0.4) is 0 Å². The zero-order chi connectivity index (χ0) is 22.0. The van der Waals surface area contributed by atoms with Crippen molar-refractivity contribution in [2.75, 3.05) is 0 Å². The molecule has 0 unspecified atom stereocenters. The SMILES string of the molecule is O=c1[nH]c2ccccc2c(=O)n1N=Cc1cc(Cl)c(OCc2ccccc2Cl)c(Cl)c1. The van der Waals surface area contributed by atoms with Gasteiger partial charge in [-0.15, -0.1) is 4.68 Å². The Morgan fingerprint density at radius 2 is 1.61 bits per heavy atom. The van der Waals surface area contributed by atoms with Crippen molar-refractivity contribution < 1.29 is 4.74 Å². The number of nitrogens with one attached hydrogen (secondary N) is 1. The van der Waals surface area contributed by atoms with Crippen molar-refractivity contribution in [3.8, 4) is 5.75 Å². The highest BCUT2D eigenvalue weighted by Crippen LogP contribution is 2.34. The molecule has 0 aliphatic rings. The molecule has 0 fully saturated rings. The molecule has 0 saturated carbocycles. The molecule has 0 radical (unpaired) electrons. The minimum absolute atomic E-state index is 0.189. The number of hydrogen-bond acceptors (Lipinski definition) is 4. The van der Waals surface area contributed by atoms with Crippen molar-refractivity contribution in [3.63, 3.8) is 0 Å². The number of aromatic nitrogens is 2. The van der Waals surface area contributed by atoms with Crippen LogP contribution >= 0.6 is 34.8 Å². The quantitative estimate of drug-likeness (QED) is 0.408. The lowest BCUT2D eigenvalue weighted by atomic mass is 10.2. The van der Waals surface area contributed by atoms with E-state index >= 15 is 0 Å². The van der Waals surface area contributed by atoms with E-state index < -0.39 is 11.2 Å². The van der Waals surface area contributed by atoms with Gasteiger partial charge < -0.3 is 9.72 Å². The Bertz CT molecular complexity index is 1400. The summed E-state index contributed by atoms with van der Waals surface area (Å²) in [5, 5.41) is 5.42. The number of rotatable bonds is 5. The van der Waals surface area contributed by atoms with E-state index in [0.717, 1.165) is 10.2 Å². The minimum Gasteiger partial charge on any atom is -0.486 e. The molecule has 0 aliphatic carbocycles. The number of hydrogen-bond donors (Lipinski definition) is 1. The number of ether oxygens (including phenoxy) is 1. The Balaban J connectivity index is 1.61. The summed E-state index contributed by atoms with van der Waals surface area (Å²) < 4.78 is 6.48. The second kappa shape index (κ2) is 8.98. The lowest BCUT2D eigenvalue weighted by Gasteiger charge is -2.11. The first-order valence-electron chi connectivity index (χ1n) is 9.08. The van der Waals surface area contributed by atoms with Crippen LogP contribution in [0.5, 0.6) is 5.75 Å².